The summed E-state index contributed by atoms with van der Waals surface area (Å²) in [6.45, 7) is 2.59. The highest BCUT2D eigenvalue weighted by molar-refractivity contribution is 6.30. The standard InChI is InChI=1S/C16H18ClNO3/c1-10-8-16(6-7-21-10)9-13(19)18-15(20)14(16)11-2-4-12(17)5-3-11/h2-5,10,14H,6-9H2,1H3,(H,18,19,20). The maximum Gasteiger partial charge on any atom is 0.234 e. The fourth-order valence-corrected chi connectivity index (χ4v) is 3.86. The van der Waals surface area contributed by atoms with Crippen LogP contribution in [0.3, 0.4) is 0 Å². The number of ether oxygens (including phenoxy) is 1. The summed E-state index contributed by atoms with van der Waals surface area (Å²) < 4.78 is 5.62. The number of benzene rings is 1. The molecule has 1 spiro atoms. The predicted molar refractivity (Wildman–Crippen MR) is 79.0 cm³/mol. The second kappa shape index (κ2) is 5.43. The smallest absolute Gasteiger partial charge is 0.234 e. The highest BCUT2D eigenvalue weighted by Crippen LogP contribution is 2.50. The molecule has 21 heavy (non-hydrogen) atoms. The van der Waals surface area contributed by atoms with Crippen molar-refractivity contribution in [3.8, 4) is 0 Å². The summed E-state index contributed by atoms with van der Waals surface area (Å²) in [4.78, 5) is 24.4. The predicted octanol–water partition coefficient (Wildman–Crippen LogP) is 2.66. The average Bonchev–Trinajstić information content (AvgIpc) is 2.39. The van der Waals surface area contributed by atoms with Gasteiger partial charge in [0.05, 0.1) is 12.0 Å². The number of piperidine rings is 1. The number of rotatable bonds is 1. The van der Waals surface area contributed by atoms with Gasteiger partial charge in [-0.05, 0) is 42.9 Å². The van der Waals surface area contributed by atoms with Crippen LogP contribution in [0.25, 0.3) is 0 Å². The van der Waals surface area contributed by atoms with Gasteiger partial charge >= 0.3 is 0 Å². The Hall–Kier alpha value is -1.39. The lowest BCUT2D eigenvalue weighted by molar-refractivity contribution is -0.146. The van der Waals surface area contributed by atoms with Gasteiger partial charge < -0.3 is 4.74 Å². The van der Waals surface area contributed by atoms with Crippen LogP contribution in [0.1, 0.15) is 37.7 Å². The Kier molecular flexibility index (Phi) is 3.76. The van der Waals surface area contributed by atoms with Crippen LogP contribution in [0.4, 0.5) is 0 Å². The number of hydrogen-bond donors (Lipinski definition) is 1. The second-order valence-electron chi connectivity index (χ2n) is 6.07. The van der Waals surface area contributed by atoms with Crippen LogP contribution in [0.5, 0.6) is 0 Å². The zero-order valence-electron chi connectivity index (χ0n) is 11.9. The van der Waals surface area contributed by atoms with E-state index in [1.165, 1.54) is 0 Å². The Bertz CT molecular complexity index is 571. The van der Waals surface area contributed by atoms with Crippen molar-refractivity contribution >= 4 is 23.4 Å². The molecule has 3 unspecified atom stereocenters. The van der Waals surface area contributed by atoms with Crippen LogP contribution in [0, 0.1) is 5.41 Å². The fourth-order valence-electron chi connectivity index (χ4n) is 3.73. The highest BCUT2D eigenvalue weighted by Gasteiger charge is 2.51. The van der Waals surface area contributed by atoms with Crippen molar-refractivity contribution in [1.29, 1.82) is 0 Å². The van der Waals surface area contributed by atoms with Gasteiger partial charge in [-0.15, -0.1) is 0 Å². The molecule has 0 aromatic heterocycles. The van der Waals surface area contributed by atoms with E-state index in [0.29, 0.717) is 18.1 Å². The van der Waals surface area contributed by atoms with Crippen LogP contribution in [0.2, 0.25) is 5.02 Å². The van der Waals surface area contributed by atoms with Crippen molar-refractivity contribution in [1.82, 2.24) is 5.32 Å². The summed E-state index contributed by atoms with van der Waals surface area (Å²) >= 11 is 5.94. The summed E-state index contributed by atoms with van der Waals surface area (Å²) in [7, 11) is 0. The molecule has 5 heteroatoms. The molecule has 1 aromatic rings. The molecule has 1 aromatic carbocycles. The van der Waals surface area contributed by atoms with Gasteiger partial charge in [0.15, 0.2) is 0 Å². The van der Waals surface area contributed by atoms with E-state index in [2.05, 4.69) is 5.32 Å². The first kappa shape index (κ1) is 14.5. The number of carbonyl (C=O) groups excluding carboxylic acids is 2. The first-order valence-electron chi connectivity index (χ1n) is 7.21. The number of amides is 2. The van der Waals surface area contributed by atoms with E-state index in [4.69, 9.17) is 16.3 Å². The molecular weight excluding hydrogens is 290 g/mol. The number of halogens is 1. The van der Waals surface area contributed by atoms with Crippen molar-refractivity contribution in [3.63, 3.8) is 0 Å². The van der Waals surface area contributed by atoms with E-state index < -0.39 is 0 Å². The second-order valence-corrected chi connectivity index (χ2v) is 6.51. The van der Waals surface area contributed by atoms with Crippen LogP contribution < -0.4 is 5.32 Å². The van der Waals surface area contributed by atoms with Crippen LogP contribution in [-0.2, 0) is 14.3 Å². The number of carbonyl (C=O) groups is 2. The molecule has 0 radical (unpaired) electrons. The lowest BCUT2D eigenvalue weighted by atomic mass is 9.62. The minimum atomic E-state index is -0.342. The number of imide groups is 1. The van der Waals surface area contributed by atoms with E-state index >= 15 is 0 Å². The third-order valence-corrected chi connectivity index (χ3v) is 4.80. The number of hydrogen-bond acceptors (Lipinski definition) is 3. The summed E-state index contributed by atoms with van der Waals surface area (Å²) in [5.74, 6) is -0.708. The molecule has 3 rings (SSSR count). The molecule has 2 fully saturated rings. The van der Waals surface area contributed by atoms with Gasteiger partial charge in [-0.3, -0.25) is 14.9 Å². The normalized spacial score (nSPS) is 33.0. The quantitative estimate of drug-likeness (QED) is 0.812. The van der Waals surface area contributed by atoms with Gasteiger partial charge in [-0.25, -0.2) is 0 Å². The monoisotopic (exact) mass is 307 g/mol. The van der Waals surface area contributed by atoms with Gasteiger partial charge in [0.25, 0.3) is 0 Å². The topological polar surface area (TPSA) is 55.4 Å². The molecule has 0 aliphatic carbocycles. The maximum absolute atomic E-state index is 12.5. The lowest BCUT2D eigenvalue weighted by Gasteiger charge is -2.47. The Morgan fingerprint density at radius 2 is 2.00 bits per heavy atom. The highest BCUT2D eigenvalue weighted by atomic mass is 35.5. The largest absolute Gasteiger partial charge is 0.378 e. The Morgan fingerprint density at radius 1 is 1.29 bits per heavy atom. The molecule has 4 nitrogen and oxygen atoms in total. The molecule has 0 bridgehead atoms. The van der Waals surface area contributed by atoms with Crippen LogP contribution >= 0.6 is 11.6 Å². The van der Waals surface area contributed by atoms with Crippen molar-refractivity contribution in [2.45, 2.75) is 38.2 Å². The van der Waals surface area contributed by atoms with Crippen molar-refractivity contribution in [2.24, 2.45) is 5.41 Å². The average molecular weight is 308 g/mol. The third kappa shape index (κ3) is 2.70. The molecule has 0 saturated carbocycles. The summed E-state index contributed by atoms with van der Waals surface area (Å²) in [5, 5.41) is 3.12. The van der Waals surface area contributed by atoms with Crippen molar-refractivity contribution in [2.75, 3.05) is 6.61 Å². The van der Waals surface area contributed by atoms with E-state index in [1.54, 1.807) is 12.1 Å². The lowest BCUT2D eigenvalue weighted by Crippen LogP contribution is -2.53. The zero-order valence-corrected chi connectivity index (χ0v) is 12.7. The minimum absolute atomic E-state index is 0.0623. The van der Waals surface area contributed by atoms with Crippen molar-refractivity contribution < 1.29 is 14.3 Å². The van der Waals surface area contributed by atoms with E-state index in [1.807, 2.05) is 19.1 Å². The van der Waals surface area contributed by atoms with Gasteiger partial charge in [-0.2, -0.15) is 0 Å². The van der Waals surface area contributed by atoms with Gasteiger partial charge in [0.2, 0.25) is 11.8 Å². The molecule has 1 N–H and O–H groups in total. The Morgan fingerprint density at radius 3 is 2.67 bits per heavy atom. The van der Waals surface area contributed by atoms with Gasteiger partial charge in [-0.1, -0.05) is 23.7 Å². The minimum Gasteiger partial charge on any atom is -0.378 e. The van der Waals surface area contributed by atoms with E-state index in [-0.39, 0.29) is 29.3 Å². The maximum atomic E-state index is 12.5. The SMILES string of the molecule is CC1CC2(CCO1)CC(=O)NC(=O)C2c1ccc(Cl)cc1. The first-order chi connectivity index (χ1) is 10.00. The number of nitrogens with one attached hydrogen (secondary N) is 1. The van der Waals surface area contributed by atoms with Gasteiger partial charge in [0, 0.05) is 18.1 Å². The summed E-state index contributed by atoms with van der Waals surface area (Å²) in [5.41, 5.74) is 0.573. The molecule has 2 amide bonds. The molecule has 2 heterocycles. The van der Waals surface area contributed by atoms with Gasteiger partial charge in [0.1, 0.15) is 0 Å². The summed E-state index contributed by atoms with van der Waals surface area (Å²) in [6, 6.07) is 7.34. The van der Waals surface area contributed by atoms with Crippen molar-refractivity contribution in [3.05, 3.63) is 34.9 Å². The fraction of sp³-hybridized carbons (Fsp3) is 0.500. The molecular formula is C16H18ClNO3. The Balaban J connectivity index is 2.02. The summed E-state index contributed by atoms with van der Waals surface area (Å²) in [6.07, 6.45) is 1.88. The zero-order chi connectivity index (χ0) is 15.0. The molecule has 2 saturated heterocycles. The van der Waals surface area contributed by atoms with E-state index in [9.17, 15) is 9.59 Å². The molecule has 3 atom stereocenters. The van der Waals surface area contributed by atoms with Crippen LogP contribution in [-0.4, -0.2) is 24.5 Å². The Labute approximate surface area is 128 Å². The van der Waals surface area contributed by atoms with Crippen LogP contribution in [0.15, 0.2) is 24.3 Å². The first-order valence-corrected chi connectivity index (χ1v) is 7.59. The molecule has 112 valence electrons. The molecule has 2 aliphatic heterocycles. The molecule has 2 aliphatic rings. The van der Waals surface area contributed by atoms with E-state index in [0.717, 1.165) is 18.4 Å². The third-order valence-electron chi connectivity index (χ3n) is 4.55.